The summed E-state index contributed by atoms with van der Waals surface area (Å²) in [5.74, 6) is 0.414. The number of nitrogens with one attached hydrogen (secondary N) is 1. The Morgan fingerprint density at radius 3 is 2.50 bits per heavy atom. The van der Waals surface area contributed by atoms with E-state index in [1.54, 1.807) is 37.3 Å². The molecule has 34 heavy (non-hydrogen) atoms. The smallest absolute Gasteiger partial charge is 0.360 e. The van der Waals surface area contributed by atoms with Crippen molar-refractivity contribution in [3.63, 3.8) is 0 Å². The van der Waals surface area contributed by atoms with Gasteiger partial charge in [0.25, 0.3) is 10.0 Å². The van der Waals surface area contributed by atoms with Crippen molar-refractivity contribution in [1.82, 2.24) is 0 Å². The van der Waals surface area contributed by atoms with E-state index < -0.39 is 39.7 Å². The molecule has 0 radical (unpaired) electrons. The van der Waals surface area contributed by atoms with Crippen LogP contribution in [0.5, 0.6) is 5.75 Å². The maximum atomic E-state index is 12.6. The Labute approximate surface area is 197 Å². The number of aryl methyl sites for hydroxylation is 1. The lowest BCUT2D eigenvalue weighted by molar-refractivity contribution is -0.264. The molecule has 0 spiro atoms. The van der Waals surface area contributed by atoms with Crippen LogP contribution in [0, 0.1) is 6.92 Å². The number of fused-ring (bicyclic) bond motifs is 1. The average Bonchev–Trinajstić information content (AvgIpc) is 2.76. The van der Waals surface area contributed by atoms with Gasteiger partial charge in [0.15, 0.2) is 0 Å². The molecule has 3 aromatic rings. The number of hydrogen-bond acceptors (Lipinski definition) is 8. The van der Waals surface area contributed by atoms with Crippen molar-refractivity contribution >= 4 is 26.7 Å². The van der Waals surface area contributed by atoms with Crippen LogP contribution in [0.15, 0.2) is 62.6 Å². The van der Waals surface area contributed by atoms with Crippen molar-refractivity contribution in [2.75, 3.05) is 11.8 Å². The lowest BCUT2D eigenvalue weighted by atomic mass is 9.91. The first-order chi connectivity index (χ1) is 16.0. The number of sulfonamides is 1. The van der Waals surface area contributed by atoms with Gasteiger partial charge in [0.05, 0.1) is 16.6 Å². The molecule has 1 aliphatic heterocycles. The average molecular weight is 490 g/mol. The van der Waals surface area contributed by atoms with Gasteiger partial charge in [-0.25, -0.2) is 13.2 Å². The molecule has 1 aromatic heterocycles. The van der Waals surface area contributed by atoms with Crippen LogP contribution in [0.25, 0.3) is 11.0 Å². The molecule has 0 bridgehead atoms. The molecule has 1 saturated heterocycles. The number of aliphatic hydroxyl groups is 1. The molecule has 1 fully saturated rings. The summed E-state index contributed by atoms with van der Waals surface area (Å²) in [5.41, 5.74) is -1.01. The van der Waals surface area contributed by atoms with Gasteiger partial charge in [-0.15, -0.1) is 0 Å². The standard InChI is InChI=1S/C24H27NO8S/c1-14-19(31-20-13-18(26)22(30-4)24(2,3)33-20)11-10-15-12-17(23(27)32-21(14)15)25-34(28,29)16-8-6-5-7-9-16/h5-12,18,20,22,25-26H,13H2,1-4H3/t18-,20+,22+/m0/s1. The van der Waals surface area contributed by atoms with Crippen molar-refractivity contribution in [2.24, 2.45) is 0 Å². The van der Waals surface area contributed by atoms with Crippen molar-refractivity contribution in [3.8, 4) is 5.75 Å². The summed E-state index contributed by atoms with van der Waals surface area (Å²) in [6.45, 7) is 5.34. The van der Waals surface area contributed by atoms with E-state index in [9.17, 15) is 18.3 Å². The number of rotatable bonds is 6. The lowest BCUT2D eigenvalue weighted by Crippen LogP contribution is -2.56. The van der Waals surface area contributed by atoms with Gasteiger partial charge in [0.1, 0.15) is 23.1 Å². The number of anilines is 1. The first-order valence-corrected chi connectivity index (χ1v) is 12.2. The van der Waals surface area contributed by atoms with Crippen LogP contribution in [0.1, 0.15) is 25.8 Å². The molecular formula is C24H27NO8S. The topological polar surface area (TPSA) is 124 Å². The highest BCUT2D eigenvalue weighted by Gasteiger charge is 2.44. The molecule has 182 valence electrons. The van der Waals surface area contributed by atoms with Crippen LogP contribution in [0.3, 0.4) is 0 Å². The molecule has 2 aromatic carbocycles. The van der Waals surface area contributed by atoms with Crippen molar-refractivity contribution in [1.29, 1.82) is 0 Å². The van der Waals surface area contributed by atoms with Crippen LogP contribution >= 0.6 is 0 Å². The van der Waals surface area contributed by atoms with E-state index in [-0.39, 0.29) is 22.6 Å². The largest absolute Gasteiger partial charge is 0.464 e. The van der Waals surface area contributed by atoms with Crippen molar-refractivity contribution < 1.29 is 32.2 Å². The van der Waals surface area contributed by atoms with Crippen molar-refractivity contribution in [2.45, 2.75) is 56.2 Å². The minimum atomic E-state index is -3.95. The van der Waals surface area contributed by atoms with E-state index in [1.807, 2.05) is 13.8 Å². The summed E-state index contributed by atoms with van der Waals surface area (Å²) in [7, 11) is -2.43. The van der Waals surface area contributed by atoms with E-state index in [2.05, 4.69) is 4.72 Å². The zero-order chi connectivity index (χ0) is 24.7. The second-order valence-electron chi connectivity index (χ2n) is 8.70. The van der Waals surface area contributed by atoms with Gasteiger partial charge in [0.2, 0.25) is 6.29 Å². The molecule has 4 rings (SSSR count). The summed E-state index contributed by atoms with van der Waals surface area (Å²) in [4.78, 5) is 12.6. The van der Waals surface area contributed by atoms with Gasteiger partial charge in [-0.05, 0) is 51.1 Å². The van der Waals surface area contributed by atoms with Crippen LogP contribution in [0.2, 0.25) is 0 Å². The third-order valence-electron chi connectivity index (χ3n) is 5.82. The van der Waals surface area contributed by atoms with Gasteiger partial charge in [-0.1, -0.05) is 18.2 Å². The summed E-state index contributed by atoms with van der Waals surface area (Å²) < 4.78 is 50.3. The van der Waals surface area contributed by atoms with Gasteiger partial charge < -0.3 is 23.7 Å². The summed E-state index contributed by atoms with van der Waals surface area (Å²) >= 11 is 0. The normalized spacial score (nSPS) is 22.4. The van der Waals surface area contributed by atoms with Gasteiger partial charge in [0, 0.05) is 24.5 Å². The molecule has 1 aliphatic rings. The molecule has 9 nitrogen and oxygen atoms in total. The van der Waals surface area contributed by atoms with E-state index in [4.69, 9.17) is 18.6 Å². The van der Waals surface area contributed by atoms with Gasteiger partial charge in [-0.2, -0.15) is 0 Å². The molecule has 0 aliphatic carbocycles. The Hall–Kier alpha value is -2.92. The fraction of sp³-hybridized carbons (Fsp3) is 0.375. The maximum Gasteiger partial charge on any atom is 0.360 e. The number of hydrogen-bond donors (Lipinski definition) is 2. The predicted molar refractivity (Wildman–Crippen MR) is 125 cm³/mol. The molecule has 0 amide bonds. The van der Waals surface area contributed by atoms with Crippen LogP contribution in [-0.4, -0.2) is 44.7 Å². The fourth-order valence-electron chi connectivity index (χ4n) is 4.20. The SMILES string of the molecule is CO[C@@H]1[C@@H](O)C[C@H](Oc2ccc3cc(NS(=O)(=O)c4ccccc4)c(=O)oc3c2C)OC1(C)C. The third-order valence-corrected chi connectivity index (χ3v) is 7.20. The van der Waals surface area contributed by atoms with Gasteiger partial charge in [-0.3, -0.25) is 4.72 Å². The number of ether oxygens (including phenoxy) is 3. The maximum absolute atomic E-state index is 12.6. The molecule has 0 saturated carbocycles. The zero-order valence-corrected chi connectivity index (χ0v) is 20.1. The zero-order valence-electron chi connectivity index (χ0n) is 19.3. The lowest BCUT2D eigenvalue weighted by Gasteiger charge is -2.44. The second-order valence-corrected chi connectivity index (χ2v) is 10.4. The first-order valence-electron chi connectivity index (χ1n) is 10.7. The van der Waals surface area contributed by atoms with E-state index in [0.717, 1.165) is 0 Å². The molecule has 2 heterocycles. The van der Waals surface area contributed by atoms with Gasteiger partial charge >= 0.3 is 5.63 Å². The Morgan fingerprint density at radius 2 is 1.85 bits per heavy atom. The minimum Gasteiger partial charge on any atom is -0.464 e. The van der Waals surface area contributed by atoms with Crippen LogP contribution in [-0.2, 0) is 19.5 Å². The third kappa shape index (κ3) is 4.67. The number of aliphatic hydroxyl groups excluding tert-OH is 1. The monoisotopic (exact) mass is 489 g/mol. The summed E-state index contributed by atoms with van der Waals surface area (Å²) in [5, 5.41) is 10.9. The Morgan fingerprint density at radius 1 is 1.15 bits per heavy atom. The fourth-order valence-corrected chi connectivity index (χ4v) is 5.27. The van der Waals surface area contributed by atoms with Crippen LogP contribution < -0.4 is 15.1 Å². The van der Waals surface area contributed by atoms with E-state index in [0.29, 0.717) is 16.7 Å². The minimum absolute atomic E-state index is 0.0303. The molecule has 0 unspecified atom stereocenters. The van der Waals surface area contributed by atoms with Crippen molar-refractivity contribution in [3.05, 3.63) is 64.5 Å². The first kappa shape index (κ1) is 24.2. The molecule has 2 N–H and O–H groups in total. The number of benzene rings is 2. The predicted octanol–water partition coefficient (Wildman–Crippen LogP) is 3.18. The molecular weight excluding hydrogens is 462 g/mol. The Balaban J connectivity index is 1.61. The molecule has 3 atom stereocenters. The Kier molecular flexibility index (Phi) is 6.43. The number of methoxy groups -OCH3 is 1. The van der Waals surface area contributed by atoms with E-state index >= 15 is 0 Å². The highest BCUT2D eigenvalue weighted by atomic mass is 32.2. The summed E-state index contributed by atoms with van der Waals surface area (Å²) in [6.07, 6.45) is -1.82. The highest BCUT2D eigenvalue weighted by Crippen LogP contribution is 2.34. The molecule has 10 heteroatoms. The van der Waals surface area contributed by atoms with Crippen LogP contribution in [0.4, 0.5) is 5.69 Å². The second kappa shape index (κ2) is 9.03. The Bertz CT molecular complexity index is 1350. The summed E-state index contributed by atoms with van der Waals surface area (Å²) in [6, 6.07) is 12.5. The highest BCUT2D eigenvalue weighted by molar-refractivity contribution is 7.92. The quantitative estimate of drug-likeness (QED) is 0.506. The van der Waals surface area contributed by atoms with E-state index in [1.165, 1.54) is 25.3 Å².